The molecule has 1 aromatic heterocycles. The first-order chi connectivity index (χ1) is 12.1. The topological polar surface area (TPSA) is 61.2 Å². The van der Waals surface area contributed by atoms with Gasteiger partial charge in [0, 0.05) is 44.5 Å². The van der Waals surface area contributed by atoms with Crippen molar-refractivity contribution in [2.45, 2.75) is 37.1 Å². The van der Waals surface area contributed by atoms with Gasteiger partial charge in [-0.15, -0.1) is 37.2 Å². The molecule has 2 aromatic rings. The molecular formula is C18H31Cl4N5S. The number of hydrogen-bond donors (Lipinski definition) is 2. The largest absolute Gasteiger partial charge is 0.368 e. The Morgan fingerprint density at radius 2 is 1.79 bits per heavy atom. The van der Waals surface area contributed by atoms with Crippen LogP contribution >= 0.6 is 60.6 Å². The highest BCUT2D eigenvalue weighted by Crippen LogP contribution is 2.33. The maximum atomic E-state index is 6.57. The third-order valence-corrected chi connectivity index (χ3v) is 6.60. The van der Waals surface area contributed by atoms with E-state index in [0.29, 0.717) is 5.25 Å². The van der Waals surface area contributed by atoms with E-state index in [-0.39, 0.29) is 37.2 Å². The van der Waals surface area contributed by atoms with Crippen molar-refractivity contribution in [3.63, 3.8) is 0 Å². The van der Waals surface area contributed by atoms with Crippen LogP contribution in [0.1, 0.15) is 26.7 Å². The number of nitrogens with one attached hydrogen (secondary N) is 1. The molecule has 3 rings (SSSR count). The molecule has 0 spiro atoms. The zero-order chi connectivity index (χ0) is 17.8. The van der Waals surface area contributed by atoms with Gasteiger partial charge in [0.2, 0.25) is 0 Å². The van der Waals surface area contributed by atoms with Gasteiger partial charge in [0.1, 0.15) is 0 Å². The maximum Gasteiger partial charge on any atom is 0.166 e. The lowest BCUT2D eigenvalue weighted by Gasteiger charge is -2.36. The molecule has 0 unspecified atom stereocenters. The van der Waals surface area contributed by atoms with Crippen LogP contribution in [0.5, 0.6) is 0 Å². The second-order valence-electron chi connectivity index (χ2n) is 6.54. The Bertz CT molecular complexity index is 703. The fraction of sp³-hybridized carbons (Fsp3) is 0.611. The molecule has 0 aliphatic carbocycles. The van der Waals surface area contributed by atoms with E-state index in [2.05, 4.69) is 34.7 Å². The Balaban J connectivity index is 0.00000243. The summed E-state index contributed by atoms with van der Waals surface area (Å²) in [6, 6.07) is 4.14. The van der Waals surface area contributed by atoms with E-state index in [0.717, 1.165) is 79.0 Å². The molecular weight excluding hydrogens is 460 g/mol. The predicted octanol–water partition coefficient (Wildman–Crippen LogP) is 4.84. The van der Waals surface area contributed by atoms with Crippen molar-refractivity contribution in [2.24, 2.45) is 5.73 Å². The Morgan fingerprint density at radius 3 is 2.36 bits per heavy atom. The summed E-state index contributed by atoms with van der Waals surface area (Å²) < 4.78 is 0. The maximum absolute atomic E-state index is 6.57. The monoisotopic (exact) mass is 489 g/mol. The van der Waals surface area contributed by atoms with Gasteiger partial charge >= 0.3 is 0 Å². The molecule has 10 heteroatoms. The summed E-state index contributed by atoms with van der Waals surface area (Å²) in [6.07, 6.45) is 2.30. The second-order valence-corrected chi connectivity index (χ2v) is 8.23. The zero-order valence-corrected chi connectivity index (χ0v) is 20.3. The highest BCUT2D eigenvalue weighted by molar-refractivity contribution is 7.99. The fourth-order valence-corrected chi connectivity index (χ4v) is 4.55. The number of thioether (sulfide) groups is 1. The van der Waals surface area contributed by atoms with Crippen LogP contribution in [0.3, 0.4) is 0 Å². The molecule has 3 N–H and O–H groups in total. The summed E-state index contributed by atoms with van der Waals surface area (Å²) in [5.74, 6) is 0. The van der Waals surface area contributed by atoms with E-state index >= 15 is 0 Å². The number of fused-ring (bicyclic) bond motifs is 1. The van der Waals surface area contributed by atoms with Crippen LogP contribution in [0.25, 0.3) is 11.0 Å². The Hall–Kier alpha value is -0.0800. The number of aromatic amines is 1. The van der Waals surface area contributed by atoms with Crippen molar-refractivity contribution in [3.8, 4) is 0 Å². The predicted molar refractivity (Wildman–Crippen MR) is 131 cm³/mol. The van der Waals surface area contributed by atoms with Gasteiger partial charge in [0.25, 0.3) is 0 Å². The Labute approximate surface area is 195 Å². The lowest BCUT2D eigenvalue weighted by atomic mass is 10.2. The van der Waals surface area contributed by atoms with Crippen molar-refractivity contribution in [1.82, 2.24) is 14.9 Å². The molecule has 2 heterocycles. The number of halogens is 4. The number of nitrogens with zero attached hydrogens (tertiary/aromatic N) is 3. The molecule has 0 bridgehead atoms. The van der Waals surface area contributed by atoms with E-state index in [1.54, 1.807) is 0 Å². The highest BCUT2D eigenvalue weighted by Gasteiger charge is 2.20. The van der Waals surface area contributed by atoms with Gasteiger partial charge in [-0.25, -0.2) is 4.98 Å². The average Bonchev–Trinajstić information content (AvgIpc) is 3.01. The Morgan fingerprint density at radius 1 is 1.14 bits per heavy atom. The molecule has 0 atom stereocenters. The van der Waals surface area contributed by atoms with E-state index in [1.807, 2.05) is 17.8 Å². The molecule has 1 aliphatic heterocycles. The summed E-state index contributed by atoms with van der Waals surface area (Å²) in [7, 11) is 0. The van der Waals surface area contributed by atoms with Gasteiger partial charge in [-0.05, 0) is 25.0 Å². The van der Waals surface area contributed by atoms with Crippen LogP contribution in [-0.4, -0.2) is 59.4 Å². The van der Waals surface area contributed by atoms with Gasteiger partial charge < -0.3 is 15.6 Å². The lowest BCUT2D eigenvalue weighted by molar-refractivity contribution is 0.265. The number of piperazine rings is 1. The Kier molecular flexibility index (Phi) is 13.2. The van der Waals surface area contributed by atoms with Crippen LogP contribution < -0.4 is 10.6 Å². The van der Waals surface area contributed by atoms with Crippen LogP contribution in [0.2, 0.25) is 5.02 Å². The summed E-state index contributed by atoms with van der Waals surface area (Å²) >= 11 is 8.39. The SMILES string of the molecule is CCC(CC)Sc1nc2cc(Cl)c(N3CCN(CCN)CC3)cc2[nH]1.Cl.Cl.Cl. The van der Waals surface area contributed by atoms with Gasteiger partial charge in [0.05, 0.1) is 21.7 Å². The lowest BCUT2D eigenvalue weighted by Crippen LogP contribution is -2.47. The summed E-state index contributed by atoms with van der Waals surface area (Å²) in [6.45, 7) is 10.2. The van der Waals surface area contributed by atoms with Crippen LogP contribution in [0.4, 0.5) is 5.69 Å². The number of rotatable bonds is 7. The molecule has 28 heavy (non-hydrogen) atoms. The van der Waals surface area contributed by atoms with Crippen LogP contribution in [0.15, 0.2) is 17.3 Å². The molecule has 162 valence electrons. The minimum Gasteiger partial charge on any atom is -0.368 e. The first kappa shape index (κ1) is 27.9. The van der Waals surface area contributed by atoms with Crippen molar-refractivity contribution in [2.75, 3.05) is 44.2 Å². The third-order valence-electron chi connectivity index (χ3n) is 4.88. The smallest absolute Gasteiger partial charge is 0.166 e. The van der Waals surface area contributed by atoms with Crippen LogP contribution in [-0.2, 0) is 0 Å². The number of hydrogen-bond acceptors (Lipinski definition) is 5. The van der Waals surface area contributed by atoms with Gasteiger partial charge in [-0.2, -0.15) is 0 Å². The van der Waals surface area contributed by atoms with E-state index in [1.165, 1.54) is 0 Å². The minimum absolute atomic E-state index is 0. The summed E-state index contributed by atoms with van der Waals surface area (Å²) in [4.78, 5) is 13.0. The molecule has 1 fully saturated rings. The fourth-order valence-electron chi connectivity index (χ4n) is 3.30. The number of H-pyrrole nitrogens is 1. The molecule has 1 saturated heterocycles. The standard InChI is InChI=1S/C18H28ClN5S.3ClH/c1-3-13(4-2)25-18-21-15-11-14(19)17(12-16(15)22-18)24-9-7-23(6-5-20)8-10-24;;;/h11-13H,3-10,20H2,1-2H3,(H,21,22);3*1H. The molecule has 1 aliphatic rings. The third kappa shape index (κ3) is 6.73. The second kappa shape index (κ2) is 13.3. The molecule has 0 radical (unpaired) electrons. The van der Waals surface area contributed by atoms with Crippen molar-refractivity contribution in [3.05, 3.63) is 17.2 Å². The molecule has 0 amide bonds. The summed E-state index contributed by atoms with van der Waals surface area (Å²) in [5.41, 5.74) is 8.77. The first-order valence-electron chi connectivity index (χ1n) is 9.17. The highest BCUT2D eigenvalue weighted by atomic mass is 35.5. The number of anilines is 1. The quantitative estimate of drug-likeness (QED) is 0.543. The molecule has 1 aromatic carbocycles. The van der Waals surface area contributed by atoms with E-state index in [9.17, 15) is 0 Å². The average molecular weight is 491 g/mol. The van der Waals surface area contributed by atoms with Crippen molar-refractivity contribution in [1.29, 1.82) is 0 Å². The normalized spacial score (nSPS) is 14.5. The number of aromatic nitrogens is 2. The van der Waals surface area contributed by atoms with Crippen molar-refractivity contribution < 1.29 is 0 Å². The van der Waals surface area contributed by atoms with E-state index in [4.69, 9.17) is 22.3 Å². The number of benzene rings is 1. The van der Waals surface area contributed by atoms with Crippen molar-refractivity contribution >= 4 is 77.3 Å². The molecule has 0 saturated carbocycles. The zero-order valence-electron chi connectivity index (χ0n) is 16.3. The number of nitrogens with two attached hydrogens (primary N) is 1. The number of imidazole rings is 1. The van der Waals surface area contributed by atoms with Gasteiger partial charge in [-0.1, -0.05) is 37.2 Å². The van der Waals surface area contributed by atoms with E-state index < -0.39 is 0 Å². The molecule has 5 nitrogen and oxygen atoms in total. The van der Waals surface area contributed by atoms with Crippen LogP contribution in [0, 0.1) is 0 Å². The van der Waals surface area contributed by atoms with Gasteiger partial charge in [-0.3, -0.25) is 4.90 Å². The summed E-state index contributed by atoms with van der Waals surface area (Å²) in [5, 5.41) is 2.38. The minimum atomic E-state index is 0. The first-order valence-corrected chi connectivity index (χ1v) is 10.4. The van der Waals surface area contributed by atoms with Gasteiger partial charge in [0.15, 0.2) is 5.16 Å².